The van der Waals surface area contributed by atoms with E-state index in [2.05, 4.69) is 140 Å². The third-order valence-corrected chi connectivity index (χ3v) is 8.42. The van der Waals surface area contributed by atoms with Crippen LogP contribution in [0.3, 0.4) is 0 Å². The van der Waals surface area contributed by atoms with E-state index in [9.17, 15) is 0 Å². The Labute approximate surface area is 239 Å². The standard InChI is InChI=1S/C40H36/c1-3-13-30(2)31-22-26-36(27-23-31)40(37-28-24-33(25-29-37)32-14-7-5-4-6-8-15-32)38-18-11-9-16-34(38)20-21-35-17-10-12-19-39(35)40/h3,5,7-19,22-29H,2,4,6,20-21H2,1H3. The highest BCUT2D eigenvalue weighted by atomic mass is 14.4. The molecule has 0 radical (unpaired) electrons. The van der Waals surface area contributed by atoms with Crippen LogP contribution in [0.25, 0.3) is 11.1 Å². The van der Waals surface area contributed by atoms with Crippen LogP contribution in [0, 0.1) is 0 Å². The Balaban J connectivity index is 1.61. The van der Waals surface area contributed by atoms with Crippen molar-refractivity contribution in [2.24, 2.45) is 0 Å². The molecule has 0 N–H and O–H groups in total. The van der Waals surface area contributed by atoms with Crippen LogP contribution < -0.4 is 0 Å². The predicted molar refractivity (Wildman–Crippen MR) is 171 cm³/mol. The van der Waals surface area contributed by atoms with Crippen molar-refractivity contribution in [1.29, 1.82) is 0 Å². The van der Waals surface area contributed by atoms with Crippen molar-refractivity contribution < 1.29 is 0 Å². The zero-order chi connectivity index (χ0) is 27.4. The number of hydrogen-bond acceptors (Lipinski definition) is 0. The Bertz CT molecular complexity index is 1590. The molecule has 0 aromatic heterocycles. The molecule has 40 heavy (non-hydrogen) atoms. The predicted octanol–water partition coefficient (Wildman–Crippen LogP) is 10.0. The van der Waals surface area contributed by atoms with E-state index >= 15 is 0 Å². The highest BCUT2D eigenvalue weighted by Crippen LogP contribution is 2.49. The molecule has 0 heteroatoms. The van der Waals surface area contributed by atoms with E-state index in [0.717, 1.165) is 36.8 Å². The summed E-state index contributed by atoms with van der Waals surface area (Å²) in [7, 11) is 0. The lowest BCUT2D eigenvalue weighted by molar-refractivity contribution is 0.739. The van der Waals surface area contributed by atoms with Gasteiger partial charge in [-0.3, -0.25) is 0 Å². The van der Waals surface area contributed by atoms with E-state index in [1.165, 1.54) is 44.5 Å². The van der Waals surface area contributed by atoms with Gasteiger partial charge in [-0.2, -0.15) is 0 Å². The number of rotatable bonds is 5. The molecule has 4 aromatic rings. The minimum Gasteiger partial charge on any atom is -0.0912 e. The first-order valence-electron chi connectivity index (χ1n) is 14.5. The molecule has 0 nitrogen and oxygen atoms in total. The van der Waals surface area contributed by atoms with Gasteiger partial charge in [0.2, 0.25) is 0 Å². The summed E-state index contributed by atoms with van der Waals surface area (Å²) in [5.41, 5.74) is 12.4. The van der Waals surface area contributed by atoms with Crippen LogP contribution in [0.1, 0.15) is 64.3 Å². The van der Waals surface area contributed by atoms with Crippen LogP contribution in [-0.4, -0.2) is 0 Å². The monoisotopic (exact) mass is 516 g/mol. The number of allylic oxidation sites excluding steroid dienone is 9. The van der Waals surface area contributed by atoms with Crippen molar-refractivity contribution in [3.8, 4) is 0 Å². The summed E-state index contributed by atoms with van der Waals surface area (Å²) in [6.07, 6.45) is 19.6. The molecule has 0 fully saturated rings. The minimum absolute atomic E-state index is 0.423. The first-order valence-corrected chi connectivity index (χ1v) is 14.5. The minimum atomic E-state index is -0.423. The largest absolute Gasteiger partial charge is 0.0912 e. The van der Waals surface area contributed by atoms with Crippen molar-refractivity contribution in [3.63, 3.8) is 0 Å². The van der Waals surface area contributed by atoms with Crippen molar-refractivity contribution >= 4 is 11.1 Å². The van der Waals surface area contributed by atoms with Gasteiger partial charge < -0.3 is 0 Å². The summed E-state index contributed by atoms with van der Waals surface area (Å²) >= 11 is 0. The van der Waals surface area contributed by atoms with Crippen LogP contribution in [-0.2, 0) is 18.3 Å². The SMILES string of the molecule is C=C(C=CC)c1ccc(C2(c3ccc(C4=CC=CCCC=C4)cc3)c3ccccc3CCc3ccccc32)cc1. The molecule has 0 heterocycles. The molecular formula is C40H36. The van der Waals surface area contributed by atoms with E-state index in [-0.39, 0.29) is 0 Å². The first kappa shape index (κ1) is 25.8. The third kappa shape index (κ3) is 4.65. The highest BCUT2D eigenvalue weighted by Gasteiger charge is 2.42. The van der Waals surface area contributed by atoms with E-state index in [1.54, 1.807) is 0 Å². The highest BCUT2D eigenvalue weighted by molar-refractivity contribution is 5.77. The Kier molecular flexibility index (Phi) is 7.34. The van der Waals surface area contributed by atoms with Gasteiger partial charge in [0.25, 0.3) is 0 Å². The van der Waals surface area contributed by atoms with Crippen molar-refractivity contribution in [2.45, 2.75) is 38.0 Å². The maximum absolute atomic E-state index is 4.28. The Morgan fingerprint density at radius 3 is 1.90 bits per heavy atom. The number of aryl methyl sites for hydroxylation is 2. The molecular weight excluding hydrogens is 480 g/mol. The van der Waals surface area contributed by atoms with Gasteiger partial charge in [-0.05, 0) is 88.3 Å². The van der Waals surface area contributed by atoms with Gasteiger partial charge in [-0.15, -0.1) is 0 Å². The molecule has 0 saturated carbocycles. The lowest BCUT2D eigenvalue weighted by Crippen LogP contribution is -2.32. The maximum atomic E-state index is 4.28. The summed E-state index contributed by atoms with van der Waals surface area (Å²) in [5.74, 6) is 0. The van der Waals surface area contributed by atoms with Crippen LogP contribution in [0.5, 0.6) is 0 Å². The summed E-state index contributed by atoms with van der Waals surface area (Å²) in [4.78, 5) is 0. The Morgan fingerprint density at radius 2 is 1.27 bits per heavy atom. The molecule has 0 unspecified atom stereocenters. The molecule has 0 saturated heterocycles. The molecule has 6 rings (SSSR count). The molecule has 4 aromatic carbocycles. The molecule has 0 spiro atoms. The average molecular weight is 517 g/mol. The fourth-order valence-electron chi connectivity index (χ4n) is 6.47. The smallest absolute Gasteiger partial charge is 0.0706 e. The zero-order valence-corrected chi connectivity index (χ0v) is 23.3. The summed E-state index contributed by atoms with van der Waals surface area (Å²) in [5, 5.41) is 0. The van der Waals surface area contributed by atoms with Crippen molar-refractivity contribution in [3.05, 3.63) is 191 Å². The van der Waals surface area contributed by atoms with E-state index in [4.69, 9.17) is 0 Å². The molecule has 0 aliphatic heterocycles. The van der Waals surface area contributed by atoms with E-state index < -0.39 is 5.41 Å². The van der Waals surface area contributed by atoms with Gasteiger partial charge in [0, 0.05) is 0 Å². The van der Waals surface area contributed by atoms with E-state index in [0.29, 0.717) is 0 Å². The van der Waals surface area contributed by atoms with Gasteiger partial charge in [0.1, 0.15) is 0 Å². The zero-order valence-electron chi connectivity index (χ0n) is 23.3. The Hall–Kier alpha value is -4.42. The Morgan fingerprint density at radius 1 is 0.700 bits per heavy atom. The molecule has 0 bridgehead atoms. The lowest BCUT2D eigenvalue weighted by atomic mass is 9.63. The second-order valence-electron chi connectivity index (χ2n) is 10.8. The van der Waals surface area contributed by atoms with Gasteiger partial charge in [0.15, 0.2) is 0 Å². The second kappa shape index (κ2) is 11.4. The third-order valence-electron chi connectivity index (χ3n) is 8.42. The van der Waals surface area contributed by atoms with Crippen molar-refractivity contribution in [1.82, 2.24) is 0 Å². The van der Waals surface area contributed by atoms with Crippen LogP contribution in [0.2, 0.25) is 0 Å². The average Bonchev–Trinajstić information content (AvgIpc) is 3.13. The van der Waals surface area contributed by atoms with Crippen molar-refractivity contribution in [2.75, 3.05) is 0 Å². The van der Waals surface area contributed by atoms with Crippen LogP contribution >= 0.6 is 0 Å². The molecule has 2 aliphatic carbocycles. The van der Waals surface area contributed by atoms with Crippen LogP contribution in [0.15, 0.2) is 146 Å². The fraction of sp³-hybridized carbons (Fsp3) is 0.150. The molecule has 2 aliphatic rings. The van der Waals surface area contributed by atoms with Gasteiger partial charge in [0.05, 0.1) is 5.41 Å². The maximum Gasteiger partial charge on any atom is 0.0706 e. The topological polar surface area (TPSA) is 0 Å². The summed E-state index contributed by atoms with van der Waals surface area (Å²) in [6, 6.07) is 36.6. The normalized spacial score (nSPS) is 15.9. The van der Waals surface area contributed by atoms with Gasteiger partial charge >= 0.3 is 0 Å². The van der Waals surface area contributed by atoms with Gasteiger partial charge in [-0.1, -0.05) is 146 Å². The summed E-state index contributed by atoms with van der Waals surface area (Å²) in [6.45, 7) is 6.32. The van der Waals surface area contributed by atoms with Crippen LogP contribution in [0.4, 0.5) is 0 Å². The van der Waals surface area contributed by atoms with Gasteiger partial charge in [-0.25, -0.2) is 0 Å². The quantitative estimate of drug-likeness (QED) is 0.232. The molecule has 0 atom stereocenters. The fourth-order valence-corrected chi connectivity index (χ4v) is 6.47. The lowest BCUT2D eigenvalue weighted by Gasteiger charge is -2.38. The number of hydrogen-bond donors (Lipinski definition) is 0. The molecule has 196 valence electrons. The van der Waals surface area contributed by atoms with E-state index in [1.807, 2.05) is 13.0 Å². The summed E-state index contributed by atoms with van der Waals surface area (Å²) < 4.78 is 0. The second-order valence-corrected chi connectivity index (χ2v) is 10.8. The number of fused-ring (bicyclic) bond motifs is 2. The first-order chi connectivity index (χ1) is 19.7. The molecule has 0 amide bonds. The number of benzene rings is 4.